The molecule has 0 unspecified atom stereocenters. The molecule has 0 aromatic rings. The first-order valence-corrected chi connectivity index (χ1v) is 2.10. The molecule has 0 rings (SSSR count). The predicted octanol–water partition coefficient (Wildman–Crippen LogP) is -4.36. The van der Waals surface area contributed by atoms with Crippen LogP contribution < -0.4 is 18.9 Å². The van der Waals surface area contributed by atoms with E-state index < -0.39 is 10.4 Å². The number of hydrogen-bond donors (Lipinski definition) is 2. The smallest absolute Gasteiger partial charge is 1.00 e. The third-order valence-electron chi connectivity index (χ3n) is 0. The third kappa shape index (κ3) is 690. The van der Waals surface area contributed by atoms with Crippen molar-refractivity contribution in [2.45, 2.75) is 0 Å². The molecule has 0 aromatic carbocycles. The summed E-state index contributed by atoms with van der Waals surface area (Å²) in [5.41, 5.74) is 0. The van der Waals surface area contributed by atoms with Crippen molar-refractivity contribution in [3.8, 4) is 0 Å². The molecule has 0 bridgehead atoms. The molecule has 4 N–H and O–H groups in total. The van der Waals surface area contributed by atoms with Gasteiger partial charge in [-0.3, -0.25) is 9.11 Å². The molecule has 7 heavy (non-hydrogen) atoms. The second-order valence-electron chi connectivity index (χ2n) is 0.448. The fourth-order valence-electron chi connectivity index (χ4n) is 0. The summed E-state index contributed by atoms with van der Waals surface area (Å²) in [6.07, 6.45) is 0. The summed E-state index contributed by atoms with van der Waals surface area (Å²) < 4.78 is 31.6. The maximum Gasteiger partial charge on any atom is 1.00 e. The molecule has 0 amide bonds. The number of hydrogen-bond acceptors (Lipinski definition) is 2. The summed E-state index contributed by atoms with van der Waals surface area (Å²) in [4.78, 5) is 0. The van der Waals surface area contributed by atoms with Crippen LogP contribution in [-0.2, 0) is 10.4 Å². The van der Waals surface area contributed by atoms with E-state index in [0.717, 1.165) is 0 Å². The largest absolute Gasteiger partial charge is 1.00 e. The zero-order chi connectivity index (χ0) is 4.50. The molecule has 0 aromatic heterocycles. The van der Waals surface area contributed by atoms with Gasteiger partial charge < -0.3 is 6.90 Å². The summed E-state index contributed by atoms with van der Waals surface area (Å²) >= 11 is 0. The van der Waals surface area contributed by atoms with E-state index in [1.165, 1.54) is 0 Å². The predicted molar refractivity (Wildman–Crippen MR) is 18.9 cm³/mol. The maximum absolute atomic E-state index is 8.74. The maximum atomic E-state index is 8.74. The van der Waals surface area contributed by atoms with Crippen molar-refractivity contribution in [2.75, 3.05) is 0 Å². The first kappa shape index (κ1) is 15.7. The monoisotopic (exact) mass is 124 g/mol. The molecule has 0 aliphatic rings. The van der Waals surface area contributed by atoms with Crippen molar-refractivity contribution in [3.05, 3.63) is 0 Å². The van der Waals surface area contributed by atoms with E-state index in [0.29, 0.717) is 0 Å². The standard InChI is InChI=1S/Li.H2O4S.H2O.H/c;1-5(2,3)4;;/h;(H2,1,2,3,4);1H2;/q+1;;;-1. The van der Waals surface area contributed by atoms with Gasteiger partial charge in [-0.05, 0) is 0 Å². The SMILES string of the molecule is O.O=S(=O)(O)O.[H-].[Li+]. The second-order valence-corrected chi connectivity index (χ2v) is 1.34. The normalized spacial score (nSPS) is 8.29. The minimum absolute atomic E-state index is 0. The summed E-state index contributed by atoms with van der Waals surface area (Å²) in [6, 6.07) is 0. The van der Waals surface area contributed by atoms with Gasteiger partial charge in [0.1, 0.15) is 0 Å². The van der Waals surface area contributed by atoms with Gasteiger partial charge in [-0.15, -0.1) is 0 Å². The van der Waals surface area contributed by atoms with Gasteiger partial charge in [-0.25, -0.2) is 0 Å². The fraction of sp³-hybridized carbons (Fsp3) is 0. The molecule has 42 valence electrons. The van der Waals surface area contributed by atoms with Crippen LogP contribution in [-0.4, -0.2) is 23.0 Å². The van der Waals surface area contributed by atoms with Crippen LogP contribution in [0.3, 0.4) is 0 Å². The van der Waals surface area contributed by atoms with E-state index in [2.05, 4.69) is 0 Å². The van der Waals surface area contributed by atoms with Gasteiger partial charge in [0, 0.05) is 0 Å². The molecule has 5 nitrogen and oxygen atoms in total. The van der Waals surface area contributed by atoms with Gasteiger partial charge in [0.2, 0.25) is 0 Å². The molecule has 0 aliphatic heterocycles. The third-order valence-corrected chi connectivity index (χ3v) is 0. The van der Waals surface area contributed by atoms with Gasteiger partial charge in [-0.2, -0.15) is 8.42 Å². The molecule has 0 saturated carbocycles. The van der Waals surface area contributed by atoms with Crippen molar-refractivity contribution in [1.82, 2.24) is 0 Å². The molecular weight excluding hydrogens is 119 g/mol. The van der Waals surface area contributed by atoms with Gasteiger partial charge in [0.05, 0.1) is 0 Å². The Morgan fingerprint density at radius 3 is 1.29 bits per heavy atom. The summed E-state index contributed by atoms with van der Waals surface area (Å²) in [6.45, 7) is 0. The first-order chi connectivity index (χ1) is 2.00. The molecule has 0 heterocycles. The molecule has 0 spiro atoms. The Bertz CT molecular complexity index is 95.6. The molecule has 7 heteroatoms. The van der Waals surface area contributed by atoms with E-state index in [4.69, 9.17) is 17.5 Å². The fourth-order valence-corrected chi connectivity index (χ4v) is 0. The molecule has 0 saturated heterocycles. The molecule has 0 atom stereocenters. The topological polar surface area (TPSA) is 106 Å². The van der Waals surface area contributed by atoms with Crippen molar-refractivity contribution in [1.29, 1.82) is 0 Å². The summed E-state index contributed by atoms with van der Waals surface area (Å²) in [7, 11) is -4.67. The van der Waals surface area contributed by atoms with Crippen molar-refractivity contribution < 1.29 is 43.3 Å². The average Bonchev–Trinajstić information content (AvgIpc) is 0.722. The zero-order valence-electron chi connectivity index (χ0n) is 4.62. The van der Waals surface area contributed by atoms with Gasteiger partial charge >= 0.3 is 29.3 Å². The Labute approximate surface area is 54.3 Å². The Hall–Kier alpha value is 0.427. The average molecular weight is 124 g/mol. The quantitative estimate of drug-likeness (QED) is 0.251. The Morgan fingerprint density at radius 2 is 1.29 bits per heavy atom. The van der Waals surface area contributed by atoms with E-state index in [1.807, 2.05) is 0 Å². The molecule has 0 fully saturated rings. The van der Waals surface area contributed by atoms with Crippen LogP contribution in [0.1, 0.15) is 1.43 Å². The van der Waals surface area contributed by atoms with Crippen LogP contribution in [0.5, 0.6) is 0 Å². The van der Waals surface area contributed by atoms with Crippen molar-refractivity contribution in [3.63, 3.8) is 0 Å². The summed E-state index contributed by atoms with van der Waals surface area (Å²) in [5.74, 6) is 0. The van der Waals surface area contributed by atoms with E-state index in [-0.39, 0.29) is 25.8 Å². The van der Waals surface area contributed by atoms with Crippen molar-refractivity contribution in [2.24, 2.45) is 0 Å². The molecule has 0 aliphatic carbocycles. The van der Waals surface area contributed by atoms with E-state index in [1.54, 1.807) is 0 Å². The zero-order valence-corrected chi connectivity index (χ0v) is 4.44. The van der Waals surface area contributed by atoms with Crippen LogP contribution in [0.25, 0.3) is 0 Å². The van der Waals surface area contributed by atoms with E-state index in [9.17, 15) is 0 Å². The van der Waals surface area contributed by atoms with Gasteiger partial charge in [0.25, 0.3) is 0 Å². The van der Waals surface area contributed by atoms with Crippen LogP contribution in [0.2, 0.25) is 0 Å². The molecular formula is H5LiO5S. The minimum atomic E-state index is -4.67. The van der Waals surface area contributed by atoms with Crippen LogP contribution in [0.15, 0.2) is 0 Å². The Balaban J connectivity index is -0.0000000267. The van der Waals surface area contributed by atoms with Gasteiger partial charge in [-0.1, -0.05) is 0 Å². The van der Waals surface area contributed by atoms with E-state index >= 15 is 0 Å². The second kappa shape index (κ2) is 4.58. The van der Waals surface area contributed by atoms with Crippen LogP contribution >= 0.6 is 0 Å². The van der Waals surface area contributed by atoms with Crippen LogP contribution in [0.4, 0.5) is 0 Å². The molecule has 0 radical (unpaired) electrons. The van der Waals surface area contributed by atoms with Crippen molar-refractivity contribution >= 4 is 10.4 Å². The Morgan fingerprint density at radius 1 is 1.29 bits per heavy atom. The van der Waals surface area contributed by atoms with Gasteiger partial charge in [0.15, 0.2) is 0 Å². The summed E-state index contributed by atoms with van der Waals surface area (Å²) in [5, 5.41) is 0. The minimum Gasteiger partial charge on any atom is -1.00 e. The first-order valence-electron chi connectivity index (χ1n) is 0.698. The number of rotatable bonds is 0. The van der Waals surface area contributed by atoms with Crippen LogP contribution in [0, 0.1) is 0 Å². The Kier molecular flexibility index (Phi) is 10.2.